The van der Waals surface area contributed by atoms with Crippen molar-refractivity contribution in [1.82, 2.24) is 9.55 Å². The quantitative estimate of drug-likeness (QED) is 0.589. The predicted octanol–water partition coefficient (Wildman–Crippen LogP) is 3.56. The van der Waals surface area contributed by atoms with Gasteiger partial charge in [-0.3, -0.25) is 19.1 Å². The highest BCUT2D eigenvalue weighted by Crippen LogP contribution is 2.24. The van der Waals surface area contributed by atoms with Crippen molar-refractivity contribution in [3.8, 4) is 17.7 Å². The van der Waals surface area contributed by atoms with E-state index >= 15 is 0 Å². The molecule has 0 radical (unpaired) electrons. The number of rotatable bonds is 7. The highest BCUT2D eigenvalue weighted by molar-refractivity contribution is 6.01. The number of ether oxygens (including phenoxy) is 1. The number of aromatic hydroxyl groups is 1. The number of carbonyl (C=O) groups excluding carboxylic acids is 1. The molecule has 1 N–H and O–H groups in total. The number of ketones is 1. The van der Waals surface area contributed by atoms with Crippen molar-refractivity contribution < 1.29 is 14.6 Å². The van der Waals surface area contributed by atoms with Gasteiger partial charge in [-0.25, -0.2) is 0 Å². The number of nitrogens with zero attached hydrogens (tertiary/aromatic N) is 3. The van der Waals surface area contributed by atoms with E-state index < -0.39 is 17.2 Å². The van der Waals surface area contributed by atoms with Crippen LogP contribution in [0, 0.1) is 18.3 Å². The molecule has 7 nitrogen and oxygen atoms in total. The Balaban J connectivity index is 1.92. The molecule has 1 aromatic carbocycles. The molecule has 158 valence electrons. The van der Waals surface area contributed by atoms with Crippen LogP contribution in [0.25, 0.3) is 0 Å². The molecule has 0 saturated heterocycles. The number of carbonyl (C=O) groups is 1. The van der Waals surface area contributed by atoms with Gasteiger partial charge in [-0.2, -0.15) is 5.26 Å². The maximum Gasteiger partial charge on any atom is 0.271 e. The van der Waals surface area contributed by atoms with Crippen LogP contribution >= 0.6 is 0 Å². The fraction of sp³-hybridized carbons (Fsp3) is 0.250. The van der Waals surface area contributed by atoms with Gasteiger partial charge >= 0.3 is 0 Å². The average molecular weight is 417 g/mol. The van der Waals surface area contributed by atoms with E-state index in [0.717, 1.165) is 10.1 Å². The van der Waals surface area contributed by atoms with Crippen LogP contribution in [-0.4, -0.2) is 27.0 Å². The highest BCUT2D eigenvalue weighted by Gasteiger charge is 2.24. The molecule has 31 heavy (non-hydrogen) atoms. The van der Waals surface area contributed by atoms with Crippen LogP contribution in [0.5, 0.6) is 11.6 Å². The van der Waals surface area contributed by atoms with Crippen molar-refractivity contribution in [2.75, 3.05) is 6.61 Å². The van der Waals surface area contributed by atoms with Crippen LogP contribution in [0.3, 0.4) is 0 Å². The average Bonchev–Trinajstić information content (AvgIpc) is 2.76. The van der Waals surface area contributed by atoms with E-state index in [9.17, 15) is 20.0 Å². The molecule has 0 atom stereocenters. The van der Waals surface area contributed by atoms with Crippen molar-refractivity contribution in [3.63, 3.8) is 0 Å². The number of benzene rings is 1. The Morgan fingerprint density at radius 1 is 1.26 bits per heavy atom. The molecule has 7 heteroatoms. The summed E-state index contributed by atoms with van der Waals surface area (Å²) in [5, 5.41) is 20.2. The molecule has 3 rings (SSSR count). The maximum absolute atomic E-state index is 12.9. The Hall–Kier alpha value is -3.92. The lowest BCUT2D eigenvalue weighted by atomic mass is 10.0. The standard InChI is InChI=1S/C24H23N3O4/c1-15(2)18-6-8-19(9-7-18)31-14-21(28)22-16(3)20(11-25)23(29)27(24(22)30)13-17-5-4-10-26-12-17/h4-10,12,15,30H,13-14H2,1-3H3. The summed E-state index contributed by atoms with van der Waals surface area (Å²) in [5.74, 6) is -0.131. The number of hydrogen-bond donors (Lipinski definition) is 1. The number of Topliss-reactive ketones (excluding diaryl/α,β-unsaturated/α-hetero) is 1. The molecule has 0 spiro atoms. The van der Waals surface area contributed by atoms with Crippen molar-refractivity contribution in [3.05, 3.63) is 87.0 Å². The predicted molar refractivity (Wildman–Crippen MR) is 116 cm³/mol. The number of pyridine rings is 2. The molecular formula is C24H23N3O4. The van der Waals surface area contributed by atoms with Crippen LogP contribution in [-0.2, 0) is 6.54 Å². The van der Waals surface area contributed by atoms with E-state index in [4.69, 9.17) is 4.74 Å². The molecule has 0 aliphatic rings. The van der Waals surface area contributed by atoms with E-state index in [-0.39, 0.29) is 29.8 Å². The van der Waals surface area contributed by atoms with Gasteiger partial charge in [0, 0.05) is 12.4 Å². The normalized spacial score (nSPS) is 10.7. The monoisotopic (exact) mass is 417 g/mol. The molecular weight excluding hydrogens is 394 g/mol. The molecule has 2 aromatic heterocycles. The van der Waals surface area contributed by atoms with Crippen molar-refractivity contribution in [2.24, 2.45) is 0 Å². The summed E-state index contributed by atoms with van der Waals surface area (Å²) in [7, 11) is 0. The molecule has 3 aromatic rings. The van der Waals surface area contributed by atoms with Gasteiger partial charge in [0.15, 0.2) is 6.61 Å². The fourth-order valence-electron chi connectivity index (χ4n) is 3.28. The second kappa shape index (κ2) is 9.26. The third-order valence-electron chi connectivity index (χ3n) is 5.06. The minimum atomic E-state index is -0.664. The Kier molecular flexibility index (Phi) is 6.51. The number of nitriles is 1. The summed E-state index contributed by atoms with van der Waals surface area (Å²) in [6.45, 7) is 5.27. The van der Waals surface area contributed by atoms with Crippen LogP contribution < -0.4 is 10.3 Å². The van der Waals surface area contributed by atoms with E-state index in [1.165, 1.54) is 6.92 Å². The molecule has 0 bridgehead atoms. The SMILES string of the molecule is Cc1c(C(=O)COc2ccc(C(C)C)cc2)c(O)n(Cc2cccnc2)c(=O)c1C#N. The zero-order chi connectivity index (χ0) is 22.5. The van der Waals surface area contributed by atoms with Crippen LogP contribution in [0.1, 0.15) is 52.4 Å². The summed E-state index contributed by atoms with van der Waals surface area (Å²) < 4.78 is 6.60. The zero-order valence-corrected chi connectivity index (χ0v) is 17.6. The number of hydrogen-bond acceptors (Lipinski definition) is 6. The van der Waals surface area contributed by atoms with Crippen molar-refractivity contribution in [2.45, 2.75) is 33.2 Å². The smallest absolute Gasteiger partial charge is 0.271 e. The van der Waals surface area contributed by atoms with E-state index in [0.29, 0.717) is 17.2 Å². The molecule has 0 aliphatic carbocycles. The summed E-state index contributed by atoms with van der Waals surface area (Å²) >= 11 is 0. The minimum Gasteiger partial charge on any atom is -0.494 e. The zero-order valence-electron chi connectivity index (χ0n) is 17.6. The summed E-state index contributed by atoms with van der Waals surface area (Å²) in [5.41, 5.74) is 0.977. The first-order valence-electron chi connectivity index (χ1n) is 9.84. The molecule has 0 saturated carbocycles. The van der Waals surface area contributed by atoms with Gasteiger partial charge in [0.25, 0.3) is 5.56 Å². The number of aromatic nitrogens is 2. The van der Waals surface area contributed by atoms with Crippen LogP contribution in [0.15, 0.2) is 53.6 Å². The van der Waals surface area contributed by atoms with Gasteiger partial charge in [0.05, 0.1) is 12.1 Å². The van der Waals surface area contributed by atoms with Gasteiger partial charge in [0.1, 0.15) is 17.4 Å². The Labute approximate surface area is 180 Å². The minimum absolute atomic E-state index is 0.0226. The second-order valence-electron chi connectivity index (χ2n) is 7.50. The first-order chi connectivity index (χ1) is 14.8. The van der Waals surface area contributed by atoms with E-state index in [1.807, 2.05) is 18.2 Å². The Bertz CT molecular complexity index is 1190. The lowest BCUT2D eigenvalue weighted by Crippen LogP contribution is -2.28. The van der Waals surface area contributed by atoms with Gasteiger partial charge in [-0.15, -0.1) is 0 Å². The van der Waals surface area contributed by atoms with Gasteiger partial charge < -0.3 is 9.84 Å². The Morgan fingerprint density at radius 2 is 1.97 bits per heavy atom. The van der Waals surface area contributed by atoms with E-state index in [1.54, 1.807) is 36.7 Å². The largest absolute Gasteiger partial charge is 0.494 e. The van der Waals surface area contributed by atoms with Gasteiger partial charge in [-0.1, -0.05) is 32.0 Å². The third kappa shape index (κ3) is 4.64. The lowest BCUT2D eigenvalue weighted by Gasteiger charge is -2.16. The topological polar surface area (TPSA) is 105 Å². The molecule has 0 fully saturated rings. The first-order valence-corrected chi connectivity index (χ1v) is 9.84. The maximum atomic E-state index is 12.9. The fourth-order valence-corrected chi connectivity index (χ4v) is 3.28. The Morgan fingerprint density at radius 3 is 2.55 bits per heavy atom. The molecule has 0 unspecified atom stereocenters. The third-order valence-corrected chi connectivity index (χ3v) is 5.06. The van der Waals surface area contributed by atoms with Crippen LogP contribution in [0.4, 0.5) is 0 Å². The van der Waals surface area contributed by atoms with Gasteiger partial charge in [0.2, 0.25) is 11.7 Å². The second-order valence-corrected chi connectivity index (χ2v) is 7.50. The molecule has 0 aliphatic heterocycles. The molecule has 2 heterocycles. The summed E-state index contributed by atoms with van der Waals surface area (Å²) in [6, 6.07) is 12.7. The summed E-state index contributed by atoms with van der Waals surface area (Å²) in [4.78, 5) is 29.6. The lowest BCUT2D eigenvalue weighted by molar-refractivity contribution is 0.0916. The van der Waals surface area contributed by atoms with Gasteiger partial charge in [-0.05, 0) is 47.7 Å². The van der Waals surface area contributed by atoms with Crippen molar-refractivity contribution in [1.29, 1.82) is 5.26 Å². The first kappa shape index (κ1) is 21.8. The highest BCUT2D eigenvalue weighted by atomic mass is 16.5. The summed E-state index contributed by atoms with van der Waals surface area (Å²) in [6.07, 6.45) is 3.13. The van der Waals surface area contributed by atoms with Crippen LogP contribution in [0.2, 0.25) is 0 Å². The molecule has 0 amide bonds. The van der Waals surface area contributed by atoms with Crippen molar-refractivity contribution >= 4 is 5.78 Å². The van der Waals surface area contributed by atoms with E-state index in [2.05, 4.69) is 18.8 Å².